The number of hydrogen-bond acceptors (Lipinski definition) is 5. The van der Waals surface area contributed by atoms with Crippen LogP contribution in [0.5, 0.6) is 5.75 Å². The minimum atomic E-state index is -0.582. The summed E-state index contributed by atoms with van der Waals surface area (Å²) >= 11 is 12.0. The number of hydrogen-bond donors (Lipinski definition) is 2. The molecule has 156 valence electrons. The lowest BCUT2D eigenvalue weighted by Crippen LogP contribution is -2.40. The van der Waals surface area contributed by atoms with Gasteiger partial charge >= 0.3 is 0 Å². The number of hydroxylamine groups is 2. The molecule has 0 aliphatic carbocycles. The molecule has 0 radical (unpaired) electrons. The summed E-state index contributed by atoms with van der Waals surface area (Å²) in [6, 6.07) is 11.6. The fraction of sp³-hybridized carbons (Fsp3) is 0.381. The number of ether oxygens (including phenoxy) is 1. The lowest BCUT2D eigenvalue weighted by Gasteiger charge is -2.30. The monoisotopic (exact) mass is 438 g/mol. The molecule has 2 atom stereocenters. The highest BCUT2D eigenvalue weighted by Crippen LogP contribution is 2.27. The summed E-state index contributed by atoms with van der Waals surface area (Å²) in [5.41, 5.74) is 1.44. The summed E-state index contributed by atoms with van der Waals surface area (Å²) in [5.74, 6) is 0.236. The quantitative estimate of drug-likeness (QED) is 0.510. The van der Waals surface area contributed by atoms with Gasteiger partial charge in [0.2, 0.25) is 0 Å². The number of rotatable bonds is 7. The molecular weight excluding hydrogens is 415 g/mol. The molecule has 1 amide bonds. The summed E-state index contributed by atoms with van der Waals surface area (Å²) in [5, 5.41) is 22.1. The summed E-state index contributed by atoms with van der Waals surface area (Å²) in [4.78, 5) is 14.8. The summed E-state index contributed by atoms with van der Waals surface area (Å²) in [6.07, 6.45) is 0.284. The molecule has 1 heterocycles. The topological polar surface area (TPSA) is 73.2 Å². The number of aliphatic hydroxyl groups is 1. The van der Waals surface area contributed by atoms with Crippen molar-refractivity contribution >= 4 is 29.1 Å². The van der Waals surface area contributed by atoms with Gasteiger partial charge in [-0.2, -0.15) is 0 Å². The zero-order chi connectivity index (χ0) is 21.0. The van der Waals surface area contributed by atoms with Crippen LogP contribution in [-0.4, -0.2) is 59.0 Å². The van der Waals surface area contributed by atoms with E-state index >= 15 is 0 Å². The Bertz CT molecular complexity index is 847. The van der Waals surface area contributed by atoms with Gasteiger partial charge in [0, 0.05) is 19.6 Å². The number of halogens is 2. The van der Waals surface area contributed by atoms with Crippen LogP contribution in [0.4, 0.5) is 0 Å². The Morgan fingerprint density at radius 3 is 2.55 bits per heavy atom. The Hall–Kier alpha value is -1.83. The van der Waals surface area contributed by atoms with E-state index in [1.54, 1.807) is 37.4 Å². The molecule has 0 saturated carbocycles. The Labute approximate surface area is 180 Å². The average molecular weight is 439 g/mol. The molecule has 0 aromatic heterocycles. The molecule has 3 rings (SSSR count). The van der Waals surface area contributed by atoms with Crippen molar-refractivity contribution in [3.05, 3.63) is 63.6 Å². The maximum atomic E-state index is 12.8. The number of β-amino-alcohol motifs (C(OH)–C–C–N with tert-alkyl or cyclic N) is 1. The molecule has 0 spiro atoms. The van der Waals surface area contributed by atoms with Crippen LogP contribution in [0.25, 0.3) is 0 Å². The van der Waals surface area contributed by atoms with Crippen LogP contribution in [-0.2, 0) is 11.2 Å². The fourth-order valence-electron chi connectivity index (χ4n) is 3.45. The molecule has 1 aliphatic rings. The van der Waals surface area contributed by atoms with Crippen molar-refractivity contribution in [2.24, 2.45) is 0 Å². The normalized spacial score (nSPS) is 17.9. The Morgan fingerprint density at radius 2 is 1.97 bits per heavy atom. The van der Waals surface area contributed by atoms with Crippen LogP contribution in [0, 0.1) is 0 Å². The van der Waals surface area contributed by atoms with E-state index in [1.807, 2.05) is 17.0 Å². The number of carbonyl (C=O) groups excluding carboxylic acids is 1. The second-order valence-corrected chi connectivity index (χ2v) is 7.97. The molecule has 0 bridgehead atoms. The van der Waals surface area contributed by atoms with Gasteiger partial charge in [0.15, 0.2) is 0 Å². The molecule has 2 N–H and O–H groups in total. The smallest absolute Gasteiger partial charge is 0.250 e. The van der Waals surface area contributed by atoms with Crippen molar-refractivity contribution in [1.82, 2.24) is 9.96 Å². The van der Waals surface area contributed by atoms with Gasteiger partial charge in [-0.05, 0) is 41.8 Å². The molecule has 2 aromatic carbocycles. The van der Waals surface area contributed by atoms with Gasteiger partial charge in [0.1, 0.15) is 5.75 Å². The van der Waals surface area contributed by atoms with E-state index in [1.165, 1.54) is 0 Å². The van der Waals surface area contributed by atoms with Crippen LogP contribution in [0.1, 0.15) is 23.6 Å². The van der Waals surface area contributed by atoms with Crippen LogP contribution in [0.2, 0.25) is 10.0 Å². The van der Waals surface area contributed by atoms with E-state index < -0.39 is 11.9 Å². The number of aliphatic hydroxyl groups excluding tert-OH is 1. The highest BCUT2D eigenvalue weighted by atomic mass is 35.5. The van der Waals surface area contributed by atoms with Gasteiger partial charge in [-0.15, -0.1) is 0 Å². The fourth-order valence-corrected chi connectivity index (χ4v) is 3.77. The molecule has 1 fully saturated rings. The third-order valence-electron chi connectivity index (χ3n) is 5.07. The first-order valence-corrected chi connectivity index (χ1v) is 10.1. The average Bonchev–Trinajstić information content (AvgIpc) is 3.13. The second kappa shape index (κ2) is 9.78. The first kappa shape index (κ1) is 21.9. The van der Waals surface area contributed by atoms with Crippen molar-refractivity contribution in [3.8, 4) is 5.75 Å². The minimum absolute atomic E-state index is 0.0112. The maximum absolute atomic E-state index is 12.8. The molecule has 2 aromatic rings. The van der Waals surface area contributed by atoms with Crippen molar-refractivity contribution in [2.45, 2.75) is 25.0 Å². The summed E-state index contributed by atoms with van der Waals surface area (Å²) in [7, 11) is 1.58. The highest BCUT2D eigenvalue weighted by molar-refractivity contribution is 6.42. The largest absolute Gasteiger partial charge is 0.497 e. The van der Waals surface area contributed by atoms with Crippen LogP contribution < -0.4 is 4.74 Å². The number of benzene rings is 2. The Kier molecular flexibility index (Phi) is 7.38. The minimum Gasteiger partial charge on any atom is -0.497 e. The number of methoxy groups -OCH3 is 1. The number of amides is 1. The maximum Gasteiger partial charge on any atom is 0.250 e. The van der Waals surface area contributed by atoms with Gasteiger partial charge in [-0.3, -0.25) is 14.9 Å². The van der Waals surface area contributed by atoms with Crippen LogP contribution in [0.3, 0.4) is 0 Å². The molecule has 1 saturated heterocycles. The first-order valence-electron chi connectivity index (χ1n) is 9.36. The third-order valence-corrected chi connectivity index (χ3v) is 5.81. The van der Waals surface area contributed by atoms with E-state index in [0.717, 1.165) is 10.6 Å². The number of likely N-dealkylation sites (tertiary alicyclic amines) is 1. The lowest BCUT2D eigenvalue weighted by molar-refractivity contribution is -0.177. The Morgan fingerprint density at radius 1 is 1.24 bits per heavy atom. The van der Waals surface area contributed by atoms with Gasteiger partial charge < -0.3 is 9.84 Å². The SMILES string of the molecule is COc1ccc([C@H](CN2CC[C@H](O)C2)N(O)C(=O)Cc2ccc(Cl)c(Cl)c2)cc1. The number of nitrogens with zero attached hydrogens (tertiary/aromatic N) is 2. The van der Waals surface area contributed by atoms with Gasteiger partial charge in [0.25, 0.3) is 5.91 Å². The summed E-state index contributed by atoms with van der Waals surface area (Å²) in [6.45, 7) is 1.64. The standard InChI is InChI=1S/C21H24Cl2N2O4/c1-29-17-5-3-15(4-6-17)20(13-24-9-8-16(26)12-24)25(28)21(27)11-14-2-7-18(22)19(23)10-14/h2-7,10,16,20,26,28H,8-9,11-13H2,1H3/t16-,20-/m0/s1. The zero-order valence-corrected chi connectivity index (χ0v) is 17.6. The van der Waals surface area contributed by atoms with Crippen LogP contribution in [0.15, 0.2) is 42.5 Å². The molecule has 0 unspecified atom stereocenters. The second-order valence-electron chi connectivity index (χ2n) is 7.15. The van der Waals surface area contributed by atoms with E-state index in [0.29, 0.717) is 47.4 Å². The summed E-state index contributed by atoms with van der Waals surface area (Å²) < 4.78 is 5.19. The first-order chi connectivity index (χ1) is 13.9. The predicted molar refractivity (Wildman–Crippen MR) is 112 cm³/mol. The van der Waals surface area contributed by atoms with Crippen molar-refractivity contribution in [1.29, 1.82) is 0 Å². The lowest BCUT2D eigenvalue weighted by atomic mass is 10.0. The van der Waals surface area contributed by atoms with Gasteiger partial charge in [0.05, 0.1) is 35.7 Å². The van der Waals surface area contributed by atoms with E-state index in [4.69, 9.17) is 27.9 Å². The van der Waals surface area contributed by atoms with Crippen molar-refractivity contribution in [3.63, 3.8) is 0 Å². The predicted octanol–water partition coefficient (Wildman–Crippen LogP) is 3.57. The molecule has 6 nitrogen and oxygen atoms in total. The third kappa shape index (κ3) is 5.62. The molecule has 1 aliphatic heterocycles. The zero-order valence-electron chi connectivity index (χ0n) is 16.1. The van der Waals surface area contributed by atoms with Crippen molar-refractivity contribution in [2.75, 3.05) is 26.7 Å². The highest BCUT2D eigenvalue weighted by Gasteiger charge is 2.29. The van der Waals surface area contributed by atoms with E-state index in [2.05, 4.69) is 0 Å². The van der Waals surface area contributed by atoms with Crippen LogP contribution >= 0.6 is 23.2 Å². The molecule has 8 heteroatoms. The van der Waals surface area contributed by atoms with E-state index in [9.17, 15) is 15.1 Å². The van der Waals surface area contributed by atoms with E-state index in [-0.39, 0.29) is 12.5 Å². The Balaban J connectivity index is 1.78. The van der Waals surface area contributed by atoms with Crippen molar-refractivity contribution < 1.29 is 19.8 Å². The van der Waals surface area contributed by atoms with Gasteiger partial charge in [-0.25, -0.2) is 5.06 Å². The molecule has 29 heavy (non-hydrogen) atoms. The van der Waals surface area contributed by atoms with Gasteiger partial charge in [-0.1, -0.05) is 41.4 Å². The number of carbonyl (C=O) groups is 1. The molecular formula is C21H24Cl2N2O4.